The number of aromatic amines is 1. The van der Waals surface area contributed by atoms with Crippen LogP contribution in [0, 0.1) is 0 Å². The van der Waals surface area contributed by atoms with Crippen molar-refractivity contribution in [3.63, 3.8) is 0 Å². The standard InChI is InChI=1S/C19H17N3O/c23-19-14-6-2-4-8-17(14)21-18(22(19)12-9-10-12)15-11-20-16-7-3-1-5-13(15)16/h1-8,11-12,18,20-21H,9-10H2/t18-/m0/s1. The molecule has 4 heteroatoms. The number of aromatic nitrogens is 1. The molecule has 2 aliphatic rings. The van der Waals surface area contributed by atoms with E-state index in [2.05, 4.69) is 22.4 Å². The largest absolute Gasteiger partial charge is 0.361 e. The van der Waals surface area contributed by atoms with E-state index in [1.807, 2.05) is 47.5 Å². The van der Waals surface area contributed by atoms with Gasteiger partial charge in [0.05, 0.1) is 5.56 Å². The summed E-state index contributed by atoms with van der Waals surface area (Å²) < 4.78 is 0. The minimum atomic E-state index is -0.110. The summed E-state index contributed by atoms with van der Waals surface area (Å²) in [7, 11) is 0. The highest BCUT2D eigenvalue weighted by Gasteiger charge is 2.42. The lowest BCUT2D eigenvalue weighted by atomic mass is 10.0. The molecule has 0 bridgehead atoms. The number of hydrogen-bond acceptors (Lipinski definition) is 2. The number of para-hydroxylation sites is 2. The van der Waals surface area contributed by atoms with Gasteiger partial charge < -0.3 is 15.2 Å². The Labute approximate surface area is 134 Å². The van der Waals surface area contributed by atoms with Crippen molar-refractivity contribution in [3.8, 4) is 0 Å². The Bertz CT molecular complexity index is 910. The molecule has 0 radical (unpaired) electrons. The highest BCUT2D eigenvalue weighted by Crippen LogP contribution is 2.42. The molecule has 3 aromatic rings. The average molecular weight is 303 g/mol. The zero-order valence-electron chi connectivity index (χ0n) is 12.6. The number of fused-ring (bicyclic) bond motifs is 2. The molecule has 1 aromatic heterocycles. The molecule has 5 rings (SSSR count). The molecule has 0 spiro atoms. The highest BCUT2D eigenvalue weighted by atomic mass is 16.2. The Morgan fingerprint density at radius 3 is 2.65 bits per heavy atom. The van der Waals surface area contributed by atoms with Crippen LogP contribution in [-0.2, 0) is 0 Å². The first kappa shape index (κ1) is 12.8. The van der Waals surface area contributed by atoms with E-state index in [0.29, 0.717) is 6.04 Å². The molecule has 1 aliphatic heterocycles. The normalized spacial score (nSPS) is 20.4. The van der Waals surface area contributed by atoms with Crippen LogP contribution in [0.2, 0.25) is 0 Å². The summed E-state index contributed by atoms with van der Waals surface area (Å²) in [6.07, 6.45) is 4.10. The first-order chi connectivity index (χ1) is 11.3. The van der Waals surface area contributed by atoms with Crippen molar-refractivity contribution in [1.29, 1.82) is 0 Å². The van der Waals surface area contributed by atoms with Crippen LogP contribution in [0.1, 0.15) is 34.9 Å². The number of carbonyl (C=O) groups excluding carboxylic acids is 1. The van der Waals surface area contributed by atoms with Gasteiger partial charge in [0.15, 0.2) is 0 Å². The van der Waals surface area contributed by atoms with E-state index < -0.39 is 0 Å². The van der Waals surface area contributed by atoms with E-state index in [1.54, 1.807) is 0 Å². The zero-order chi connectivity index (χ0) is 15.4. The van der Waals surface area contributed by atoms with Crippen molar-refractivity contribution in [2.24, 2.45) is 0 Å². The van der Waals surface area contributed by atoms with Crippen LogP contribution in [0.3, 0.4) is 0 Å². The molecule has 0 unspecified atom stereocenters. The van der Waals surface area contributed by atoms with Gasteiger partial charge in [-0.1, -0.05) is 30.3 Å². The summed E-state index contributed by atoms with van der Waals surface area (Å²) >= 11 is 0. The molecule has 23 heavy (non-hydrogen) atoms. The minimum absolute atomic E-state index is 0.110. The third kappa shape index (κ3) is 1.88. The smallest absolute Gasteiger partial charge is 0.258 e. The number of carbonyl (C=O) groups is 1. The van der Waals surface area contributed by atoms with Gasteiger partial charge in [-0.05, 0) is 31.0 Å². The Morgan fingerprint density at radius 2 is 1.78 bits per heavy atom. The summed E-state index contributed by atoms with van der Waals surface area (Å²) in [6, 6.07) is 16.4. The highest BCUT2D eigenvalue weighted by molar-refractivity contribution is 6.02. The van der Waals surface area contributed by atoms with Gasteiger partial charge in [-0.3, -0.25) is 4.79 Å². The summed E-state index contributed by atoms with van der Waals surface area (Å²) in [5.74, 6) is 0.136. The van der Waals surface area contributed by atoms with E-state index in [0.717, 1.165) is 35.2 Å². The molecule has 4 nitrogen and oxygen atoms in total. The summed E-state index contributed by atoms with van der Waals surface area (Å²) in [4.78, 5) is 18.4. The molecule has 1 saturated carbocycles. The summed E-state index contributed by atoms with van der Waals surface area (Å²) in [5.41, 5.74) is 3.93. The van der Waals surface area contributed by atoms with Crippen molar-refractivity contribution in [3.05, 3.63) is 65.9 Å². The van der Waals surface area contributed by atoms with Crippen LogP contribution in [0.25, 0.3) is 10.9 Å². The van der Waals surface area contributed by atoms with Crippen molar-refractivity contribution in [2.75, 3.05) is 5.32 Å². The van der Waals surface area contributed by atoms with Gasteiger partial charge in [0.25, 0.3) is 5.91 Å². The van der Waals surface area contributed by atoms with Gasteiger partial charge in [0.2, 0.25) is 0 Å². The third-order valence-electron chi connectivity index (χ3n) is 4.82. The van der Waals surface area contributed by atoms with E-state index in [4.69, 9.17) is 0 Å². The lowest BCUT2D eigenvalue weighted by Gasteiger charge is -2.38. The molecule has 1 amide bonds. The quantitative estimate of drug-likeness (QED) is 0.754. The van der Waals surface area contributed by atoms with Gasteiger partial charge in [-0.2, -0.15) is 0 Å². The monoisotopic (exact) mass is 303 g/mol. The number of H-pyrrole nitrogens is 1. The van der Waals surface area contributed by atoms with Crippen LogP contribution in [-0.4, -0.2) is 21.8 Å². The lowest BCUT2D eigenvalue weighted by molar-refractivity contribution is 0.0667. The van der Waals surface area contributed by atoms with Crippen LogP contribution in [0.15, 0.2) is 54.7 Å². The first-order valence-electron chi connectivity index (χ1n) is 8.07. The number of benzene rings is 2. The number of nitrogens with zero attached hydrogens (tertiary/aromatic N) is 1. The fourth-order valence-corrected chi connectivity index (χ4v) is 3.55. The molecule has 2 aromatic carbocycles. The van der Waals surface area contributed by atoms with Crippen molar-refractivity contribution in [1.82, 2.24) is 9.88 Å². The first-order valence-corrected chi connectivity index (χ1v) is 8.07. The predicted molar refractivity (Wildman–Crippen MR) is 90.3 cm³/mol. The number of nitrogens with one attached hydrogen (secondary N) is 2. The molecular formula is C19H17N3O. The van der Waals surface area contributed by atoms with Gasteiger partial charge in [-0.25, -0.2) is 0 Å². The minimum Gasteiger partial charge on any atom is -0.361 e. The summed E-state index contributed by atoms with van der Waals surface area (Å²) in [5, 5.41) is 4.75. The third-order valence-corrected chi connectivity index (χ3v) is 4.82. The Kier molecular flexibility index (Phi) is 2.56. The van der Waals surface area contributed by atoms with E-state index in [9.17, 15) is 4.79 Å². The second kappa shape index (κ2) is 4.62. The van der Waals surface area contributed by atoms with E-state index in [-0.39, 0.29) is 12.1 Å². The Hall–Kier alpha value is -2.75. The fraction of sp³-hybridized carbons (Fsp3) is 0.211. The van der Waals surface area contributed by atoms with Crippen LogP contribution in [0.4, 0.5) is 5.69 Å². The van der Waals surface area contributed by atoms with Gasteiger partial charge >= 0.3 is 0 Å². The second-order valence-electron chi connectivity index (χ2n) is 6.33. The SMILES string of the molecule is O=C1c2ccccc2N[C@H](c2c[nH]c3ccccc23)N1C1CC1. The van der Waals surface area contributed by atoms with Gasteiger partial charge in [-0.15, -0.1) is 0 Å². The second-order valence-corrected chi connectivity index (χ2v) is 6.33. The number of amides is 1. The Morgan fingerprint density at radius 1 is 1.00 bits per heavy atom. The van der Waals surface area contributed by atoms with Crippen molar-refractivity contribution < 1.29 is 4.79 Å². The molecule has 1 fully saturated rings. The lowest BCUT2D eigenvalue weighted by Crippen LogP contribution is -2.44. The van der Waals surface area contributed by atoms with Gasteiger partial charge in [0, 0.05) is 34.4 Å². The molecule has 1 atom stereocenters. The number of hydrogen-bond donors (Lipinski definition) is 2. The van der Waals surface area contributed by atoms with Crippen molar-refractivity contribution in [2.45, 2.75) is 25.0 Å². The predicted octanol–water partition coefficient (Wildman–Crippen LogP) is 3.90. The molecule has 2 heterocycles. The number of anilines is 1. The van der Waals surface area contributed by atoms with Gasteiger partial charge in [0.1, 0.15) is 6.17 Å². The van der Waals surface area contributed by atoms with Crippen molar-refractivity contribution >= 4 is 22.5 Å². The maximum absolute atomic E-state index is 13.0. The topological polar surface area (TPSA) is 48.1 Å². The maximum Gasteiger partial charge on any atom is 0.258 e. The van der Waals surface area contributed by atoms with Crippen LogP contribution < -0.4 is 5.32 Å². The molecular weight excluding hydrogens is 286 g/mol. The molecule has 114 valence electrons. The molecule has 2 N–H and O–H groups in total. The molecule has 1 aliphatic carbocycles. The van der Waals surface area contributed by atoms with E-state index in [1.165, 1.54) is 5.39 Å². The van der Waals surface area contributed by atoms with Crippen LogP contribution >= 0.6 is 0 Å². The maximum atomic E-state index is 13.0. The van der Waals surface area contributed by atoms with Crippen LogP contribution in [0.5, 0.6) is 0 Å². The Balaban J connectivity index is 1.67. The fourth-order valence-electron chi connectivity index (χ4n) is 3.55. The zero-order valence-corrected chi connectivity index (χ0v) is 12.6. The summed E-state index contributed by atoms with van der Waals surface area (Å²) in [6.45, 7) is 0. The van der Waals surface area contributed by atoms with E-state index >= 15 is 0 Å². The number of rotatable bonds is 2. The average Bonchev–Trinajstić information content (AvgIpc) is 3.33. The molecule has 0 saturated heterocycles.